The molecule has 0 fully saturated rings. The third kappa shape index (κ3) is 5.10. The molecule has 2 N–H and O–H groups in total. The molecule has 0 spiro atoms. The van der Waals surface area contributed by atoms with Crippen molar-refractivity contribution >= 4 is 23.2 Å². The second-order valence-electron chi connectivity index (χ2n) is 7.94. The lowest BCUT2D eigenvalue weighted by atomic mass is 10.0. The third-order valence-electron chi connectivity index (χ3n) is 5.43. The number of benzene rings is 2. The van der Waals surface area contributed by atoms with E-state index in [9.17, 15) is 0 Å². The summed E-state index contributed by atoms with van der Waals surface area (Å²) in [4.78, 5) is 8.98. The van der Waals surface area contributed by atoms with E-state index in [1.165, 1.54) is 11.1 Å². The highest BCUT2D eigenvalue weighted by Crippen LogP contribution is 2.31. The predicted molar refractivity (Wildman–Crippen MR) is 126 cm³/mol. The molecule has 168 valence electrons. The molecular weight excluding hydrogens is 440 g/mol. The van der Waals surface area contributed by atoms with Crippen LogP contribution in [-0.4, -0.2) is 42.8 Å². The standard InChI is InChI=1S/C23H23ClN8O/c1-15(13-32-14-28-30-31-32)33-22-9-16(3-5-21(22)24)19-11-26-23(27-12-19)29-20-4-2-18-10-25-7-6-17(18)8-20/h2-5,8-9,11-12,14-15,25H,6-7,10,13H2,1H3,(H,26,27,29)/t15-/m0/s1. The number of ether oxygens (including phenoxy) is 1. The zero-order valence-corrected chi connectivity index (χ0v) is 18.8. The molecule has 0 saturated heterocycles. The molecule has 2 aromatic heterocycles. The van der Waals surface area contributed by atoms with E-state index >= 15 is 0 Å². The zero-order chi connectivity index (χ0) is 22.6. The summed E-state index contributed by atoms with van der Waals surface area (Å²) in [6.45, 7) is 4.37. The maximum Gasteiger partial charge on any atom is 0.227 e. The van der Waals surface area contributed by atoms with Gasteiger partial charge in [-0.25, -0.2) is 14.6 Å². The van der Waals surface area contributed by atoms with Crippen LogP contribution in [0, 0.1) is 0 Å². The van der Waals surface area contributed by atoms with Crippen LogP contribution >= 0.6 is 11.6 Å². The summed E-state index contributed by atoms with van der Waals surface area (Å²) in [5.41, 5.74) is 5.47. The highest BCUT2D eigenvalue weighted by molar-refractivity contribution is 6.32. The monoisotopic (exact) mass is 462 g/mol. The molecule has 33 heavy (non-hydrogen) atoms. The summed E-state index contributed by atoms with van der Waals surface area (Å²) in [7, 11) is 0. The van der Waals surface area contributed by atoms with Crippen LogP contribution in [0.4, 0.5) is 11.6 Å². The summed E-state index contributed by atoms with van der Waals surface area (Å²) in [5.74, 6) is 1.13. The van der Waals surface area contributed by atoms with Gasteiger partial charge in [-0.15, -0.1) is 5.10 Å². The maximum atomic E-state index is 6.36. The average molecular weight is 463 g/mol. The quantitative estimate of drug-likeness (QED) is 0.429. The van der Waals surface area contributed by atoms with Crippen molar-refractivity contribution in [3.8, 4) is 16.9 Å². The second kappa shape index (κ2) is 9.51. The topological polar surface area (TPSA) is 103 Å². The fraction of sp³-hybridized carbons (Fsp3) is 0.261. The lowest BCUT2D eigenvalue weighted by molar-refractivity contribution is 0.193. The van der Waals surface area contributed by atoms with Crippen molar-refractivity contribution in [1.82, 2.24) is 35.5 Å². The molecule has 4 aromatic rings. The first-order valence-corrected chi connectivity index (χ1v) is 11.1. The Morgan fingerprint density at radius 3 is 2.82 bits per heavy atom. The van der Waals surface area contributed by atoms with Gasteiger partial charge in [0.15, 0.2) is 0 Å². The highest BCUT2D eigenvalue weighted by Gasteiger charge is 2.12. The molecule has 0 amide bonds. The van der Waals surface area contributed by atoms with Crippen LogP contribution in [0.3, 0.4) is 0 Å². The van der Waals surface area contributed by atoms with E-state index in [0.717, 1.165) is 36.3 Å². The van der Waals surface area contributed by atoms with Gasteiger partial charge in [0.2, 0.25) is 5.95 Å². The smallest absolute Gasteiger partial charge is 0.227 e. The molecule has 9 nitrogen and oxygen atoms in total. The van der Waals surface area contributed by atoms with E-state index in [0.29, 0.717) is 23.3 Å². The van der Waals surface area contributed by atoms with Gasteiger partial charge in [-0.2, -0.15) is 0 Å². The number of rotatable bonds is 7. The Morgan fingerprint density at radius 1 is 1.12 bits per heavy atom. The molecule has 5 rings (SSSR count). The van der Waals surface area contributed by atoms with E-state index in [1.54, 1.807) is 23.4 Å². The van der Waals surface area contributed by atoms with Crippen molar-refractivity contribution in [3.63, 3.8) is 0 Å². The number of nitrogens with zero attached hydrogens (tertiary/aromatic N) is 6. The minimum Gasteiger partial charge on any atom is -0.487 e. The number of tetrazole rings is 1. The fourth-order valence-corrected chi connectivity index (χ4v) is 3.94. The molecule has 10 heteroatoms. The minimum atomic E-state index is -0.170. The first kappa shape index (κ1) is 21.3. The first-order chi connectivity index (χ1) is 16.1. The van der Waals surface area contributed by atoms with Gasteiger partial charge in [0, 0.05) is 30.2 Å². The summed E-state index contributed by atoms with van der Waals surface area (Å²) >= 11 is 6.36. The van der Waals surface area contributed by atoms with Gasteiger partial charge < -0.3 is 15.4 Å². The SMILES string of the molecule is C[C@@H](Cn1cnnn1)Oc1cc(-c2cnc(Nc3ccc4c(c3)CCNC4)nc2)ccc1Cl. The number of hydrogen-bond acceptors (Lipinski definition) is 8. The van der Waals surface area contributed by atoms with E-state index < -0.39 is 0 Å². The van der Waals surface area contributed by atoms with Gasteiger partial charge in [-0.3, -0.25) is 0 Å². The molecule has 0 aliphatic carbocycles. The Hall–Kier alpha value is -3.56. The van der Waals surface area contributed by atoms with Gasteiger partial charge in [0.25, 0.3) is 0 Å². The largest absolute Gasteiger partial charge is 0.487 e. The van der Waals surface area contributed by atoms with Gasteiger partial charge >= 0.3 is 0 Å². The third-order valence-corrected chi connectivity index (χ3v) is 5.74. The van der Waals surface area contributed by atoms with Crippen LogP contribution < -0.4 is 15.4 Å². The van der Waals surface area contributed by atoms with E-state index in [-0.39, 0.29) is 6.10 Å². The first-order valence-electron chi connectivity index (χ1n) is 10.7. The average Bonchev–Trinajstić information content (AvgIpc) is 3.34. The van der Waals surface area contributed by atoms with Crippen LogP contribution in [0.15, 0.2) is 55.1 Å². The molecule has 3 heterocycles. The Bertz CT molecular complexity index is 1230. The number of anilines is 2. The molecule has 0 unspecified atom stereocenters. The Balaban J connectivity index is 1.28. The van der Waals surface area contributed by atoms with Crippen LogP contribution in [0.1, 0.15) is 18.1 Å². The van der Waals surface area contributed by atoms with E-state index in [2.05, 4.69) is 54.3 Å². The number of aromatic nitrogens is 6. The van der Waals surface area contributed by atoms with Crippen LogP contribution in [0.2, 0.25) is 5.02 Å². The number of halogens is 1. The van der Waals surface area contributed by atoms with E-state index in [4.69, 9.17) is 16.3 Å². The van der Waals surface area contributed by atoms with Gasteiger partial charge in [0.05, 0.1) is 11.6 Å². The van der Waals surface area contributed by atoms with Crippen molar-refractivity contribution in [2.75, 3.05) is 11.9 Å². The summed E-state index contributed by atoms with van der Waals surface area (Å²) in [5, 5.41) is 18.3. The van der Waals surface area contributed by atoms with Gasteiger partial charge in [0.1, 0.15) is 18.2 Å². The van der Waals surface area contributed by atoms with Crippen molar-refractivity contribution < 1.29 is 4.74 Å². The molecule has 2 aromatic carbocycles. The van der Waals surface area contributed by atoms with Crippen molar-refractivity contribution in [1.29, 1.82) is 0 Å². The molecular formula is C23H23ClN8O. The van der Waals surface area contributed by atoms with Crippen LogP contribution in [0.25, 0.3) is 11.1 Å². The molecule has 0 bridgehead atoms. The van der Waals surface area contributed by atoms with Gasteiger partial charge in [-0.05, 0) is 71.3 Å². The van der Waals surface area contributed by atoms with E-state index in [1.807, 2.05) is 25.1 Å². The second-order valence-corrected chi connectivity index (χ2v) is 8.34. The van der Waals surface area contributed by atoms with Crippen LogP contribution in [-0.2, 0) is 19.5 Å². The normalized spacial score (nSPS) is 13.9. The Morgan fingerprint density at radius 2 is 2.00 bits per heavy atom. The summed E-state index contributed by atoms with van der Waals surface area (Å²) in [6.07, 6.45) is 5.98. The highest BCUT2D eigenvalue weighted by atomic mass is 35.5. The minimum absolute atomic E-state index is 0.170. The zero-order valence-electron chi connectivity index (χ0n) is 18.1. The summed E-state index contributed by atoms with van der Waals surface area (Å²) in [6, 6.07) is 12.0. The summed E-state index contributed by atoms with van der Waals surface area (Å²) < 4.78 is 7.64. The number of nitrogens with one attached hydrogen (secondary N) is 2. The molecule has 1 aliphatic heterocycles. The molecule has 1 aliphatic rings. The lowest BCUT2D eigenvalue weighted by Crippen LogP contribution is -2.23. The fourth-order valence-electron chi connectivity index (χ4n) is 3.78. The van der Waals surface area contributed by atoms with Crippen LogP contribution in [0.5, 0.6) is 5.75 Å². The van der Waals surface area contributed by atoms with Gasteiger partial charge in [-0.1, -0.05) is 23.7 Å². The lowest BCUT2D eigenvalue weighted by Gasteiger charge is -2.18. The van der Waals surface area contributed by atoms with Crippen molar-refractivity contribution in [2.45, 2.75) is 32.5 Å². The van der Waals surface area contributed by atoms with Crippen molar-refractivity contribution in [3.05, 3.63) is 71.3 Å². The number of fused-ring (bicyclic) bond motifs is 1. The molecule has 0 radical (unpaired) electrons. The maximum absolute atomic E-state index is 6.36. The number of hydrogen-bond donors (Lipinski definition) is 2. The molecule has 1 atom stereocenters. The molecule has 0 saturated carbocycles. The van der Waals surface area contributed by atoms with Crippen molar-refractivity contribution in [2.24, 2.45) is 0 Å². The Kier molecular flexibility index (Phi) is 6.14. The Labute approximate surface area is 196 Å². The predicted octanol–water partition coefficient (Wildman–Crippen LogP) is 3.64.